The third kappa shape index (κ3) is 2.33. The number of carbonyl (C=O) groups is 1. The van der Waals surface area contributed by atoms with Crippen molar-refractivity contribution in [2.45, 2.75) is 18.8 Å². The van der Waals surface area contributed by atoms with Crippen LogP contribution in [0, 0.1) is 5.92 Å². The van der Waals surface area contributed by atoms with Gasteiger partial charge >= 0.3 is 11.9 Å². The van der Waals surface area contributed by atoms with Crippen LogP contribution in [0.3, 0.4) is 0 Å². The summed E-state index contributed by atoms with van der Waals surface area (Å²) >= 11 is 1.61. The fourth-order valence-corrected chi connectivity index (χ4v) is 2.48. The van der Waals surface area contributed by atoms with E-state index in [9.17, 15) is 13.6 Å². The molecule has 0 radical (unpaired) electrons. The maximum Gasteiger partial charge on any atom is 0.374 e. The largest absolute Gasteiger partial charge is 0.477 e. The lowest BCUT2D eigenvalue weighted by molar-refractivity contribution is -0.167. The zero-order valence-electron chi connectivity index (χ0n) is 6.43. The molecule has 1 rings (SSSR count). The molecule has 1 heterocycles. The van der Waals surface area contributed by atoms with Crippen molar-refractivity contribution in [1.82, 2.24) is 0 Å². The Labute approximate surface area is 73.3 Å². The van der Waals surface area contributed by atoms with Crippen molar-refractivity contribution < 1.29 is 18.7 Å². The Morgan fingerprint density at radius 2 is 2.33 bits per heavy atom. The van der Waals surface area contributed by atoms with Gasteiger partial charge in [-0.2, -0.15) is 20.5 Å². The molecule has 0 aliphatic carbocycles. The second kappa shape index (κ2) is 3.60. The van der Waals surface area contributed by atoms with Gasteiger partial charge < -0.3 is 5.11 Å². The van der Waals surface area contributed by atoms with Crippen LogP contribution in [0.2, 0.25) is 0 Å². The molecule has 1 saturated heterocycles. The first-order valence-electron chi connectivity index (χ1n) is 3.71. The first-order valence-corrected chi connectivity index (χ1v) is 4.87. The number of hydrogen-bond acceptors (Lipinski definition) is 2. The summed E-state index contributed by atoms with van der Waals surface area (Å²) in [5.41, 5.74) is 0. The van der Waals surface area contributed by atoms with Crippen LogP contribution < -0.4 is 0 Å². The Kier molecular flexibility index (Phi) is 2.93. The molecular formula is C7H10F2O2S. The van der Waals surface area contributed by atoms with Crippen molar-refractivity contribution in [3.05, 3.63) is 0 Å². The molecule has 1 unspecified atom stereocenters. The van der Waals surface area contributed by atoms with Gasteiger partial charge in [0.15, 0.2) is 0 Å². The molecule has 1 atom stereocenters. The van der Waals surface area contributed by atoms with E-state index in [1.807, 2.05) is 0 Å². The summed E-state index contributed by atoms with van der Waals surface area (Å²) in [5, 5.41) is 8.14. The molecule has 1 aliphatic heterocycles. The minimum atomic E-state index is -3.53. The van der Waals surface area contributed by atoms with Crippen molar-refractivity contribution in [1.29, 1.82) is 0 Å². The summed E-state index contributed by atoms with van der Waals surface area (Å²) in [6.45, 7) is 0. The van der Waals surface area contributed by atoms with Crippen molar-refractivity contribution in [2.75, 3.05) is 11.5 Å². The van der Waals surface area contributed by atoms with E-state index in [0.717, 1.165) is 5.75 Å². The normalized spacial score (nSPS) is 24.3. The van der Waals surface area contributed by atoms with E-state index in [0.29, 0.717) is 12.2 Å². The molecule has 0 amide bonds. The number of alkyl halides is 2. The monoisotopic (exact) mass is 196 g/mol. The topological polar surface area (TPSA) is 37.3 Å². The highest BCUT2D eigenvalue weighted by Gasteiger charge is 2.41. The van der Waals surface area contributed by atoms with E-state index in [-0.39, 0.29) is 5.92 Å². The third-order valence-corrected chi connectivity index (χ3v) is 3.11. The zero-order valence-corrected chi connectivity index (χ0v) is 7.24. The van der Waals surface area contributed by atoms with E-state index in [4.69, 9.17) is 5.11 Å². The molecule has 0 aromatic carbocycles. The average molecular weight is 196 g/mol. The van der Waals surface area contributed by atoms with Gasteiger partial charge in [-0.25, -0.2) is 4.79 Å². The number of thioether (sulfide) groups is 1. The Morgan fingerprint density at radius 1 is 1.67 bits per heavy atom. The number of rotatable bonds is 3. The predicted molar refractivity (Wildman–Crippen MR) is 42.6 cm³/mol. The fraction of sp³-hybridized carbons (Fsp3) is 0.857. The van der Waals surface area contributed by atoms with Gasteiger partial charge in [-0.15, -0.1) is 0 Å². The number of halogens is 2. The number of carboxylic acid groups (broad SMARTS) is 1. The minimum Gasteiger partial charge on any atom is -0.477 e. The van der Waals surface area contributed by atoms with E-state index in [2.05, 4.69) is 0 Å². The van der Waals surface area contributed by atoms with Gasteiger partial charge in [0.05, 0.1) is 0 Å². The fourth-order valence-electron chi connectivity index (χ4n) is 1.19. The quantitative estimate of drug-likeness (QED) is 0.748. The van der Waals surface area contributed by atoms with Crippen LogP contribution in [-0.4, -0.2) is 28.5 Å². The molecule has 0 bridgehead atoms. The lowest BCUT2D eigenvalue weighted by atomic mass is 10.0. The van der Waals surface area contributed by atoms with Gasteiger partial charge in [-0.1, -0.05) is 0 Å². The predicted octanol–water partition coefficient (Wildman–Crippen LogP) is 1.85. The SMILES string of the molecule is O=C(O)C(F)(F)CC1CCSC1. The molecule has 1 N–H and O–H groups in total. The smallest absolute Gasteiger partial charge is 0.374 e. The van der Waals surface area contributed by atoms with E-state index in [1.165, 1.54) is 0 Å². The van der Waals surface area contributed by atoms with Crippen LogP contribution in [0.4, 0.5) is 8.78 Å². The Balaban J connectivity index is 2.42. The summed E-state index contributed by atoms with van der Waals surface area (Å²) in [5.74, 6) is -4.11. The van der Waals surface area contributed by atoms with Crippen molar-refractivity contribution in [3.8, 4) is 0 Å². The Morgan fingerprint density at radius 3 is 2.75 bits per heavy atom. The zero-order chi connectivity index (χ0) is 9.19. The lowest BCUT2D eigenvalue weighted by Crippen LogP contribution is -2.30. The van der Waals surface area contributed by atoms with Crippen molar-refractivity contribution in [3.63, 3.8) is 0 Å². The molecule has 0 saturated carbocycles. The van der Waals surface area contributed by atoms with E-state index < -0.39 is 18.3 Å². The molecule has 0 aromatic rings. The minimum absolute atomic E-state index is 0.124. The van der Waals surface area contributed by atoms with Crippen LogP contribution in [0.5, 0.6) is 0 Å². The van der Waals surface area contributed by atoms with Crippen LogP contribution in [-0.2, 0) is 4.79 Å². The van der Waals surface area contributed by atoms with Crippen LogP contribution in [0.15, 0.2) is 0 Å². The molecular weight excluding hydrogens is 186 g/mol. The number of aliphatic carboxylic acids is 1. The van der Waals surface area contributed by atoms with Gasteiger partial charge in [-0.3, -0.25) is 0 Å². The molecule has 70 valence electrons. The van der Waals surface area contributed by atoms with Gasteiger partial charge in [-0.05, 0) is 23.8 Å². The Bertz CT molecular complexity index is 178. The van der Waals surface area contributed by atoms with Gasteiger partial charge in [0.25, 0.3) is 0 Å². The Hall–Kier alpha value is -0.320. The van der Waals surface area contributed by atoms with Crippen LogP contribution in [0.25, 0.3) is 0 Å². The maximum absolute atomic E-state index is 12.6. The summed E-state index contributed by atoms with van der Waals surface area (Å²) in [4.78, 5) is 10.1. The van der Waals surface area contributed by atoms with E-state index in [1.54, 1.807) is 11.8 Å². The number of hydrogen-bond donors (Lipinski definition) is 1. The summed E-state index contributed by atoms with van der Waals surface area (Å²) in [6.07, 6.45) is 0.211. The highest BCUT2D eigenvalue weighted by Crippen LogP contribution is 2.33. The number of carboxylic acids is 1. The van der Waals surface area contributed by atoms with Gasteiger partial charge in [0.1, 0.15) is 0 Å². The summed E-state index contributed by atoms with van der Waals surface area (Å²) in [6, 6.07) is 0. The summed E-state index contributed by atoms with van der Waals surface area (Å²) < 4.78 is 25.2. The average Bonchev–Trinajstić information content (AvgIpc) is 2.38. The second-order valence-electron chi connectivity index (χ2n) is 2.94. The molecule has 12 heavy (non-hydrogen) atoms. The molecule has 0 aromatic heterocycles. The van der Waals surface area contributed by atoms with Gasteiger partial charge in [0, 0.05) is 6.42 Å². The molecule has 1 fully saturated rings. The van der Waals surface area contributed by atoms with Crippen LogP contribution >= 0.6 is 11.8 Å². The van der Waals surface area contributed by atoms with Crippen molar-refractivity contribution >= 4 is 17.7 Å². The standard InChI is InChI=1S/C7H10F2O2S/c8-7(9,6(10)11)3-5-1-2-12-4-5/h5H,1-4H2,(H,10,11). The van der Waals surface area contributed by atoms with Crippen molar-refractivity contribution in [2.24, 2.45) is 5.92 Å². The summed E-state index contributed by atoms with van der Waals surface area (Å²) in [7, 11) is 0. The third-order valence-electron chi connectivity index (χ3n) is 1.88. The first-order chi connectivity index (χ1) is 5.52. The molecule has 1 aliphatic rings. The van der Waals surface area contributed by atoms with E-state index >= 15 is 0 Å². The van der Waals surface area contributed by atoms with Gasteiger partial charge in [0.2, 0.25) is 0 Å². The first kappa shape index (κ1) is 9.77. The molecule has 2 nitrogen and oxygen atoms in total. The maximum atomic E-state index is 12.6. The second-order valence-corrected chi connectivity index (χ2v) is 4.09. The molecule has 0 spiro atoms. The van der Waals surface area contributed by atoms with Crippen LogP contribution in [0.1, 0.15) is 12.8 Å². The lowest BCUT2D eigenvalue weighted by Gasteiger charge is -2.14. The molecule has 5 heteroatoms. The highest BCUT2D eigenvalue weighted by atomic mass is 32.2. The highest BCUT2D eigenvalue weighted by molar-refractivity contribution is 7.99.